The number of rotatable bonds is 3. The number of nitrogens with zero attached hydrogens (tertiary/aromatic N) is 2. The molecule has 118 valence electrons. The molecule has 1 N–H and O–H groups in total. The summed E-state index contributed by atoms with van der Waals surface area (Å²) in [5, 5.41) is 5.51. The summed E-state index contributed by atoms with van der Waals surface area (Å²) in [5.41, 5.74) is 2.67. The molecular weight excluding hydrogens is 323 g/mol. The Hall–Kier alpha value is -2.41. The third kappa shape index (κ3) is 3.50. The predicted molar refractivity (Wildman–Crippen MR) is 84.8 cm³/mol. The van der Waals surface area contributed by atoms with Gasteiger partial charge in [0.05, 0.1) is 11.3 Å². The lowest BCUT2D eigenvalue weighted by Crippen LogP contribution is -2.04. The molecule has 0 atom stereocenters. The van der Waals surface area contributed by atoms with Gasteiger partial charge in [-0.05, 0) is 42.8 Å². The van der Waals surface area contributed by atoms with Gasteiger partial charge in [0, 0.05) is 29.0 Å². The minimum Gasteiger partial charge on any atom is -0.332 e. The van der Waals surface area contributed by atoms with Gasteiger partial charge in [0.25, 0.3) is 0 Å². The monoisotopic (exact) mass is 335 g/mol. The summed E-state index contributed by atoms with van der Waals surface area (Å²) in [6, 6.07) is 6.76. The molecule has 3 nitrogen and oxygen atoms in total. The zero-order chi connectivity index (χ0) is 16.4. The molecule has 0 unspecified atom stereocenters. The van der Waals surface area contributed by atoms with Crippen LogP contribution in [0.3, 0.4) is 0 Å². The number of hydrogen-bond acceptors (Lipinski definition) is 4. The molecule has 0 radical (unpaired) electrons. The number of alkyl halides is 3. The maximum Gasteiger partial charge on any atom is 0.416 e. The SMILES string of the molecule is Cc1ccncc1-c1csc(Nc2ccc(C(F)(F)F)cc2)n1. The Morgan fingerprint density at radius 2 is 1.83 bits per heavy atom. The van der Waals surface area contributed by atoms with Crippen LogP contribution in [0, 0.1) is 6.92 Å². The molecule has 0 aliphatic rings. The molecule has 2 heterocycles. The predicted octanol–water partition coefficient (Wildman–Crippen LogP) is 5.28. The molecule has 7 heteroatoms. The number of aryl methyl sites for hydroxylation is 1. The van der Waals surface area contributed by atoms with Gasteiger partial charge < -0.3 is 5.32 Å². The molecule has 0 amide bonds. The van der Waals surface area contributed by atoms with E-state index in [1.165, 1.54) is 23.5 Å². The number of thiazole rings is 1. The summed E-state index contributed by atoms with van der Waals surface area (Å²) in [6.45, 7) is 1.97. The summed E-state index contributed by atoms with van der Waals surface area (Å²) >= 11 is 1.39. The molecule has 0 spiro atoms. The quantitative estimate of drug-likeness (QED) is 0.708. The van der Waals surface area contributed by atoms with Crippen molar-refractivity contribution < 1.29 is 13.2 Å². The lowest BCUT2D eigenvalue weighted by Gasteiger charge is -2.07. The Labute approximate surface area is 134 Å². The minimum atomic E-state index is -4.33. The summed E-state index contributed by atoms with van der Waals surface area (Å²) in [7, 11) is 0. The smallest absolute Gasteiger partial charge is 0.332 e. The second-order valence-electron chi connectivity index (χ2n) is 4.93. The van der Waals surface area contributed by atoms with Crippen LogP contribution >= 0.6 is 11.3 Å². The van der Waals surface area contributed by atoms with E-state index in [9.17, 15) is 13.2 Å². The Bertz CT molecular complexity index is 810. The first kappa shape index (κ1) is 15.5. The van der Waals surface area contributed by atoms with Gasteiger partial charge in [-0.15, -0.1) is 11.3 Å². The number of aromatic nitrogens is 2. The molecule has 0 aliphatic carbocycles. The van der Waals surface area contributed by atoms with Crippen molar-refractivity contribution in [1.82, 2.24) is 9.97 Å². The van der Waals surface area contributed by atoms with Crippen molar-refractivity contribution in [2.75, 3.05) is 5.32 Å². The second-order valence-corrected chi connectivity index (χ2v) is 5.79. The fourth-order valence-electron chi connectivity index (χ4n) is 2.05. The first-order chi connectivity index (χ1) is 10.9. The fourth-order valence-corrected chi connectivity index (χ4v) is 2.78. The van der Waals surface area contributed by atoms with Crippen molar-refractivity contribution in [2.45, 2.75) is 13.1 Å². The van der Waals surface area contributed by atoms with Gasteiger partial charge in [-0.1, -0.05) is 0 Å². The minimum absolute atomic E-state index is 0.557. The third-order valence-corrected chi connectivity index (χ3v) is 4.04. The Kier molecular flexibility index (Phi) is 4.04. The Morgan fingerprint density at radius 3 is 2.48 bits per heavy atom. The molecule has 0 bridgehead atoms. The summed E-state index contributed by atoms with van der Waals surface area (Å²) in [6.07, 6.45) is -0.871. The van der Waals surface area contributed by atoms with E-state index in [2.05, 4.69) is 15.3 Å². The standard InChI is InChI=1S/C16H12F3N3S/c1-10-6-7-20-8-13(10)14-9-23-15(22-14)21-12-4-2-11(3-5-12)16(17,18)19/h2-9H,1H3,(H,21,22). The molecule has 3 aromatic rings. The van der Waals surface area contributed by atoms with E-state index in [1.54, 1.807) is 12.4 Å². The normalized spacial score (nSPS) is 11.5. The van der Waals surface area contributed by atoms with Crippen molar-refractivity contribution >= 4 is 22.2 Å². The highest BCUT2D eigenvalue weighted by Crippen LogP contribution is 2.32. The second kappa shape index (κ2) is 6.00. The summed E-state index contributed by atoms with van der Waals surface area (Å²) in [4.78, 5) is 8.54. The average Bonchev–Trinajstić information content (AvgIpc) is 2.95. The molecule has 23 heavy (non-hydrogen) atoms. The van der Waals surface area contributed by atoms with Crippen LogP contribution in [0.25, 0.3) is 11.3 Å². The largest absolute Gasteiger partial charge is 0.416 e. The zero-order valence-corrected chi connectivity index (χ0v) is 12.9. The van der Waals surface area contributed by atoms with Crippen molar-refractivity contribution in [3.8, 4) is 11.3 Å². The molecule has 0 saturated carbocycles. The van der Waals surface area contributed by atoms with E-state index in [0.717, 1.165) is 29.0 Å². The van der Waals surface area contributed by atoms with Gasteiger partial charge in [0.2, 0.25) is 0 Å². The highest BCUT2D eigenvalue weighted by atomic mass is 32.1. The van der Waals surface area contributed by atoms with E-state index >= 15 is 0 Å². The first-order valence-electron chi connectivity index (χ1n) is 6.74. The molecule has 0 saturated heterocycles. The highest BCUT2D eigenvalue weighted by molar-refractivity contribution is 7.14. The summed E-state index contributed by atoms with van der Waals surface area (Å²) in [5.74, 6) is 0. The number of halogens is 3. The molecule has 0 fully saturated rings. The van der Waals surface area contributed by atoms with Crippen molar-refractivity contribution in [3.05, 3.63) is 59.2 Å². The Morgan fingerprint density at radius 1 is 1.09 bits per heavy atom. The van der Waals surface area contributed by atoms with Gasteiger partial charge in [0.15, 0.2) is 5.13 Å². The van der Waals surface area contributed by atoms with E-state index < -0.39 is 11.7 Å². The maximum absolute atomic E-state index is 12.5. The van der Waals surface area contributed by atoms with Gasteiger partial charge in [-0.2, -0.15) is 13.2 Å². The van der Waals surface area contributed by atoms with Crippen LogP contribution in [0.5, 0.6) is 0 Å². The average molecular weight is 335 g/mol. The van der Waals surface area contributed by atoms with Crippen molar-refractivity contribution in [3.63, 3.8) is 0 Å². The van der Waals surface area contributed by atoms with Crippen LogP contribution < -0.4 is 5.32 Å². The molecule has 1 aromatic carbocycles. The van der Waals surface area contributed by atoms with E-state index in [-0.39, 0.29) is 0 Å². The number of anilines is 2. The van der Waals surface area contributed by atoms with Crippen molar-refractivity contribution in [1.29, 1.82) is 0 Å². The van der Waals surface area contributed by atoms with Crippen molar-refractivity contribution in [2.24, 2.45) is 0 Å². The third-order valence-electron chi connectivity index (χ3n) is 3.28. The number of nitrogens with one attached hydrogen (secondary N) is 1. The fraction of sp³-hybridized carbons (Fsp3) is 0.125. The van der Waals surface area contributed by atoms with Gasteiger partial charge >= 0.3 is 6.18 Å². The van der Waals surface area contributed by atoms with Crippen LogP contribution in [0.15, 0.2) is 48.1 Å². The van der Waals surface area contributed by atoms with Crippen LogP contribution in [-0.4, -0.2) is 9.97 Å². The number of hydrogen-bond donors (Lipinski definition) is 1. The highest BCUT2D eigenvalue weighted by Gasteiger charge is 2.29. The van der Waals surface area contributed by atoms with Crippen LogP contribution in [0.1, 0.15) is 11.1 Å². The van der Waals surface area contributed by atoms with Gasteiger partial charge in [-0.25, -0.2) is 4.98 Å². The van der Waals surface area contributed by atoms with E-state index in [1.807, 2.05) is 18.4 Å². The molecule has 0 aliphatic heterocycles. The lowest BCUT2D eigenvalue weighted by molar-refractivity contribution is -0.137. The first-order valence-corrected chi connectivity index (χ1v) is 7.62. The maximum atomic E-state index is 12.5. The van der Waals surface area contributed by atoms with E-state index in [0.29, 0.717) is 10.8 Å². The number of benzene rings is 1. The topological polar surface area (TPSA) is 37.8 Å². The molecular formula is C16H12F3N3S. The molecule has 2 aromatic heterocycles. The zero-order valence-electron chi connectivity index (χ0n) is 12.1. The van der Waals surface area contributed by atoms with Crippen LogP contribution in [0.2, 0.25) is 0 Å². The van der Waals surface area contributed by atoms with E-state index in [4.69, 9.17) is 0 Å². The van der Waals surface area contributed by atoms with Crippen LogP contribution in [0.4, 0.5) is 24.0 Å². The van der Waals surface area contributed by atoms with Gasteiger partial charge in [-0.3, -0.25) is 4.98 Å². The molecule has 3 rings (SSSR count). The summed E-state index contributed by atoms with van der Waals surface area (Å²) < 4.78 is 37.6. The number of pyridine rings is 1. The van der Waals surface area contributed by atoms with Crippen LogP contribution in [-0.2, 0) is 6.18 Å². The Balaban J connectivity index is 1.78. The lowest BCUT2D eigenvalue weighted by atomic mass is 10.1. The van der Waals surface area contributed by atoms with Gasteiger partial charge in [0.1, 0.15) is 0 Å².